The Hall–Kier alpha value is -1.68. The number of amides is 1. The smallest absolute Gasteiger partial charge is 0.272 e. The molecule has 166 valence electrons. The van der Waals surface area contributed by atoms with Crippen LogP contribution in [0.4, 0.5) is 0 Å². The summed E-state index contributed by atoms with van der Waals surface area (Å²) in [7, 11) is 0. The summed E-state index contributed by atoms with van der Waals surface area (Å²) in [6.07, 6.45) is 1.92. The van der Waals surface area contributed by atoms with Gasteiger partial charge in [-0.3, -0.25) is 4.79 Å². The van der Waals surface area contributed by atoms with Crippen molar-refractivity contribution >= 4 is 44.8 Å². The van der Waals surface area contributed by atoms with Crippen LogP contribution < -0.4 is 5.32 Å². The molecule has 0 unspecified atom stereocenters. The molecule has 1 aliphatic heterocycles. The third kappa shape index (κ3) is 5.05. The van der Waals surface area contributed by atoms with Gasteiger partial charge in [0.1, 0.15) is 11.4 Å². The van der Waals surface area contributed by atoms with Gasteiger partial charge in [-0.25, -0.2) is 4.98 Å². The first-order valence-corrected chi connectivity index (χ1v) is 12.3. The number of aromatic nitrogens is 3. The highest BCUT2D eigenvalue weighted by Crippen LogP contribution is 2.31. The summed E-state index contributed by atoms with van der Waals surface area (Å²) in [5.41, 5.74) is 1.97. The molecule has 1 N–H and O–H groups in total. The van der Waals surface area contributed by atoms with Gasteiger partial charge in [-0.15, -0.1) is 11.3 Å². The molecule has 10 heteroatoms. The molecule has 1 amide bonds. The van der Waals surface area contributed by atoms with E-state index in [1.54, 1.807) is 0 Å². The number of hydrogen-bond acceptors (Lipinski definition) is 6. The van der Waals surface area contributed by atoms with Crippen molar-refractivity contribution in [1.82, 2.24) is 24.9 Å². The summed E-state index contributed by atoms with van der Waals surface area (Å²) < 4.78 is 8.67. The lowest BCUT2D eigenvalue weighted by Gasteiger charge is -2.34. The molecule has 0 bridgehead atoms. The molecular weight excluding hydrogens is 502 g/mol. The lowest BCUT2D eigenvalue weighted by atomic mass is 10.0. The van der Waals surface area contributed by atoms with Crippen LogP contribution in [0.25, 0.3) is 10.6 Å². The number of halogens is 2. The van der Waals surface area contributed by atoms with Crippen LogP contribution in [0.15, 0.2) is 27.5 Å². The standard InChI is InChI=1S/C21H25BrClN5O2S/c1-12(2)27-8-6-14(7-9-27)24-20(29)19-13(3)28(21(22)25-19)11-15-10-16(30-26-15)17-4-5-18(23)31-17/h4-5,10,12,14H,6-9,11H2,1-3H3,(H,24,29). The van der Waals surface area contributed by atoms with E-state index in [1.807, 2.05) is 29.7 Å². The topological polar surface area (TPSA) is 76.2 Å². The molecule has 0 saturated carbocycles. The van der Waals surface area contributed by atoms with Gasteiger partial charge in [-0.05, 0) is 61.7 Å². The fourth-order valence-corrected chi connectivity index (χ4v) is 5.38. The van der Waals surface area contributed by atoms with Crippen LogP contribution >= 0.6 is 38.9 Å². The maximum Gasteiger partial charge on any atom is 0.272 e. The monoisotopic (exact) mass is 525 g/mol. The second-order valence-corrected chi connectivity index (χ2v) is 10.5. The van der Waals surface area contributed by atoms with Crippen molar-refractivity contribution in [2.45, 2.75) is 52.2 Å². The molecule has 0 aliphatic carbocycles. The fraction of sp³-hybridized carbons (Fsp3) is 0.476. The van der Waals surface area contributed by atoms with Crippen molar-refractivity contribution in [3.63, 3.8) is 0 Å². The number of hydrogen-bond donors (Lipinski definition) is 1. The third-order valence-electron chi connectivity index (χ3n) is 5.68. The van der Waals surface area contributed by atoms with Crippen molar-refractivity contribution < 1.29 is 9.32 Å². The second kappa shape index (κ2) is 9.44. The van der Waals surface area contributed by atoms with Crippen molar-refractivity contribution in [2.75, 3.05) is 13.1 Å². The number of piperidine rings is 1. The molecule has 0 aromatic carbocycles. The first kappa shape index (κ1) is 22.5. The van der Waals surface area contributed by atoms with Crippen LogP contribution in [0.2, 0.25) is 4.34 Å². The highest BCUT2D eigenvalue weighted by molar-refractivity contribution is 9.10. The molecule has 0 radical (unpaired) electrons. The predicted molar refractivity (Wildman–Crippen MR) is 126 cm³/mol. The molecule has 31 heavy (non-hydrogen) atoms. The van der Waals surface area contributed by atoms with Gasteiger partial charge in [0.25, 0.3) is 5.91 Å². The highest BCUT2D eigenvalue weighted by Gasteiger charge is 2.25. The van der Waals surface area contributed by atoms with Crippen LogP contribution in [-0.2, 0) is 6.54 Å². The van der Waals surface area contributed by atoms with E-state index in [2.05, 4.69) is 50.1 Å². The number of imidazole rings is 1. The normalized spacial score (nSPS) is 15.7. The molecule has 1 aliphatic rings. The summed E-state index contributed by atoms with van der Waals surface area (Å²) in [6.45, 7) is 8.77. The van der Waals surface area contributed by atoms with Gasteiger partial charge in [-0.2, -0.15) is 0 Å². The lowest BCUT2D eigenvalue weighted by Crippen LogP contribution is -2.46. The largest absolute Gasteiger partial charge is 0.355 e. The maximum absolute atomic E-state index is 12.9. The first-order chi connectivity index (χ1) is 14.8. The number of nitrogens with zero attached hydrogens (tertiary/aromatic N) is 4. The Kier molecular flexibility index (Phi) is 6.86. The predicted octanol–water partition coefficient (Wildman–Crippen LogP) is 4.97. The summed E-state index contributed by atoms with van der Waals surface area (Å²) in [4.78, 5) is 20.7. The van der Waals surface area contributed by atoms with Crippen molar-refractivity contribution in [2.24, 2.45) is 0 Å². The Morgan fingerprint density at radius 2 is 2.13 bits per heavy atom. The van der Waals surface area contributed by atoms with E-state index in [1.165, 1.54) is 11.3 Å². The average Bonchev–Trinajstić information content (AvgIpc) is 3.44. The Morgan fingerprint density at radius 1 is 1.39 bits per heavy atom. The third-order valence-corrected chi connectivity index (χ3v) is 7.53. The quantitative estimate of drug-likeness (QED) is 0.490. The highest BCUT2D eigenvalue weighted by atomic mass is 79.9. The first-order valence-electron chi connectivity index (χ1n) is 10.3. The molecule has 3 aromatic rings. The molecule has 7 nitrogen and oxygen atoms in total. The number of rotatable bonds is 6. The van der Waals surface area contributed by atoms with Crippen LogP contribution in [0.5, 0.6) is 0 Å². The van der Waals surface area contributed by atoms with Crippen LogP contribution in [0, 0.1) is 6.92 Å². The fourth-order valence-electron chi connectivity index (χ4n) is 3.82. The van der Waals surface area contributed by atoms with Gasteiger partial charge in [0, 0.05) is 36.9 Å². The van der Waals surface area contributed by atoms with Gasteiger partial charge < -0.3 is 19.3 Å². The Morgan fingerprint density at radius 3 is 2.77 bits per heavy atom. The molecule has 4 rings (SSSR count). The molecule has 1 fully saturated rings. The molecule has 1 saturated heterocycles. The SMILES string of the molecule is Cc1c(C(=O)NC2CCN(C(C)C)CC2)nc(Br)n1Cc1cc(-c2ccc(Cl)s2)on1. The zero-order valence-electron chi connectivity index (χ0n) is 17.7. The van der Waals surface area contributed by atoms with Crippen molar-refractivity contribution in [1.29, 1.82) is 0 Å². The zero-order chi connectivity index (χ0) is 22.1. The van der Waals surface area contributed by atoms with Crippen molar-refractivity contribution in [3.8, 4) is 10.6 Å². The Labute approximate surface area is 198 Å². The van der Waals surface area contributed by atoms with E-state index in [9.17, 15) is 4.79 Å². The van der Waals surface area contributed by atoms with Crippen LogP contribution in [0.3, 0.4) is 0 Å². The van der Waals surface area contributed by atoms with E-state index < -0.39 is 0 Å². The lowest BCUT2D eigenvalue weighted by molar-refractivity contribution is 0.0895. The minimum atomic E-state index is -0.131. The van der Waals surface area contributed by atoms with E-state index >= 15 is 0 Å². The number of nitrogens with one attached hydrogen (secondary N) is 1. The molecule has 4 heterocycles. The number of carbonyl (C=O) groups is 1. The number of carbonyl (C=O) groups excluding carboxylic acids is 1. The van der Waals surface area contributed by atoms with Crippen LogP contribution in [0.1, 0.15) is 48.6 Å². The van der Waals surface area contributed by atoms with Gasteiger partial charge in [0.2, 0.25) is 0 Å². The molecule has 0 atom stereocenters. The molecular formula is C21H25BrClN5O2S. The summed E-state index contributed by atoms with van der Waals surface area (Å²) >= 11 is 10.9. The zero-order valence-corrected chi connectivity index (χ0v) is 20.9. The maximum atomic E-state index is 12.9. The molecule has 3 aromatic heterocycles. The Bertz CT molecular complexity index is 1070. The van der Waals surface area contributed by atoms with Gasteiger partial charge in [-0.1, -0.05) is 16.8 Å². The van der Waals surface area contributed by atoms with E-state index in [0.29, 0.717) is 33.1 Å². The van der Waals surface area contributed by atoms with Gasteiger partial charge in [0.15, 0.2) is 10.5 Å². The minimum absolute atomic E-state index is 0.131. The molecule has 0 spiro atoms. The second-order valence-electron chi connectivity index (χ2n) is 8.06. The number of likely N-dealkylation sites (tertiary alicyclic amines) is 1. The van der Waals surface area contributed by atoms with Crippen LogP contribution in [-0.4, -0.2) is 50.7 Å². The van der Waals surface area contributed by atoms with E-state index in [-0.39, 0.29) is 11.9 Å². The van der Waals surface area contributed by atoms with E-state index in [4.69, 9.17) is 16.1 Å². The summed E-state index contributed by atoms with van der Waals surface area (Å²) in [5.74, 6) is 0.542. The summed E-state index contributed by atoms with van der Waals surface area (Å²) in [6, 6.07) is 6.35. The van der Waals surface area contributed by atoms with Gasteiger partial charge in [0.05, 0.1) is 15.8 Å². The summed E-state index contributed by atoms with van der Waals surface area (Å²) in [5, 5.41) is 7.32. The minimum Gasteiger partial charge on any atom is -0.355 e. The van der Waals surface area contributed by atoms with E-state index in [0.717, 1.165) is 42.2 Å². The van der Waals surface area contributed by atoms with Crippen molar-refractivity contribution in [3.05, 3.63) is 44.4 Å². The Balaban J connectivity index is 1.43. The van der Waals surface area contributed by atoms with Gasteiger partial charge >= 0.3 is 0 Å². The average molecular weight is 527 g/mol. The number of thiophene rings is 1.